The summed E-state index contributed by atoms with van der Waals surface area (Å²) in [5.74, 6) is -8.79. The van der Waals surface area contributed by atoms with Crippen molar-refractivity contribution >= 4 is 22.8 Å². The summed E-state index contributed by atoms with van der Waals surface area (Å²) in [6.07, 6.45) is -18.0. The lowest BCUT2D eigenvalue weighted by Crippen LogP contribution is -2.49. The molecule has 0 unspecified atom stereocenters. The summed E-state index contributed by atoms with van der Waals surface area (Å²) >= 11 is 4.95. The maximum atomic E-state index is 15.5. The van der Waals surface area contributed by atoms with Crippen molar-refractivity contribution in [1.29, 1.82) is 0 Å². The van der Waals surface area contributed by atoms with E-state index in [1.807, 2.05) is 30.3 Å². The van der Waals surface area contributed by atoms with Gasteiger partial charge in [-0.05, 0) is 164 Å². The van der Waals surface area contributed by atoms with Crippen LogP contribution in [0.5, 0.6) is 23.0 Å². The van der Waals surface area contributed by atoms with Crippen molar-refractivity contribution in [3.05, 3.63) is 260 Å². The van der Waals surface area contributed by atoms with Gasteiger partial charge in [-0.25, -0.2) is 26.3 Å². The second-order valence-electron chi connectivity index (χ2n) is 21.1. The van der Waals surface area contributed by atoms with Crippen LogP contribution in [0.3, 0.4) is 0 Å². The van der Waals surface area contributed by atoms with Crippen molar-refractivity contribution in [2.75, 3.05) is 0 Å². The van der Waals surface area contributed by atoms with Crippen molar-refractivity contribution in [1.82, 2.24) is 5.32 Å². The third-order valence-electron chi connectivity index (χ3n) is 12.9. The van der Waals surface area contributed by atoms with Gasteiger partial charge in [-0.3, -0.25) is 19.0 Å². The lowest BCUT2D eigenvalue weighted by molar-refractivity contribution is -0.160. The van der Waals surface area contributed by atoms with Crippen molar-refractivity contribution in [3.8, 4) is 23.0 Å². The number of nitrogens with one attached hydrogen (secondary N) is 1. The highest BCUT2D eigenvalue weighted by atomic mass is 35.5. The Kier molecular flexibility index (Phi) is 25.6. The second kappa shape index (κ2) is 31.1. The van der Waals surface area contributed by atoms with Crippen LogP contribution in [-0.2, 0) is 36.3 Å². The number of carbonyl (C=O) groups is 2. The summed E-state index contributed by atoms with van der Waals surface area (Å²) in [7, 11) is 0. The van der Waals surface area contributed by atoms with Gasteiger partial charge >= 0.3 is 24.6 Å². The van der Waals surface area contributed by atoms with Crippen LogP contribution < -0.4 is 30.0 Å². The molecule has 0 bridgehead atoms. The lowest BCUT2D eigenvalue weighted by Gasteiger charge is -2.37. The average molecular weight is 1350 g/mol. The molecule has 8 nitrogen and oxygen atoms in total. The zero-order valence-corrected chi connectivity index (χ0v) is 50.3. The van der Waals surface area contributed by atoms with Gasteiger partial charge in [0, 0.05) is 43.5 Å². The highest BCUT2D eigenvalue weighted by molar-refractivity contribution is 6.67. The van der Waals surface area contributed by atoms with E-state index in [0.717, 1.165) is 48.0 Å². The van der Waals surface area contributed by atoms with Gasteiger partial charge in [0.25, 0.3) is 11.1 Å². The van der Waals surface area contributed by atoms with Crippen molar-refractivity contribution in [2.24, 2.45) is 5.73 Å². The Labute approximate surface area is 525 Å². The van der Waals surface area contributed by atoms with Crippen LogP contribution >= 0.6 is 11.6 Å². The Bertz CT molecular complexity index is 3830. The quantitative estimate of drug-likeness (QED) is 0.0613. The maximum absolute atomic E-state index is 15.5. The van der Waals surface area contributed by atoms with Crippen LogP contribution in [0.25, 0.3) is 0 Å². The number of amides is 1. The SMILES string of the molecule is CC(C)Oc1ccc([C@@](Cc2ccccc2)(NC(=O)c2ccc(F)c(C(F)(F)F)c2)c2cc(F)cc(OC(C)(F)F)c2)cc1F.CC(C)Oc1ccc([C@](N)(Cc2ccccc2)c2cc(F)cc(OC(C)(F)F)c2)cc1F.F.F.O=C(Cl)c1ccc(F)c(C(F)(F)F)c1. The lowest BCUT2D eigenvalue weighted by atomic mass is 9.77. The van der Waals surface area contributed by atoms with Crippen LogP contribution in [0.4, 0.5) is 79.7 Å². The molecule has 8 aromatic carbocycles. The maximum Gasteiger partial charge on any atom is 0.419 e. The molecule has 0 radical (unpaired) electrons. The topological polar surface area (TPSA) is 109 Å². The molecule has 0 aliphatic heterocycles. The minimum absolute atomic E-state index is 0. The zero-order valence-electron chi connectivity index (χ0n) is 49.5. The van der Waals surface area contributed by atoms with E-state index in [1.54, 1.807) is 64.1 Å². The normalized spacial score (nSPS) is 12.9. The zero-order chi connectivity index (χ0) is 67.6. The summed E-state index contributed by atoms with van der Waals surface area (Å²) in [5.41, 5.74) is 0.587. The van der Waals surface area contributed by atoms with Crippen LogP contribution in [0.15, 0.2) is 170 Å². The molecule has 0 aliphatic carbocycles. The molecule has 2 atom stereocenters. The molecule has 0 fully saturated rings. The molecule has 27 heteroatoms. The third-order valence-corrected chi connectivity index (χ3v) is 13.2. The summed E-state index contributed by atoms with van der Waals surface area (Å²) in [5, 5.41) is 1.53. The van der Waals surface area contributed by atoms with E-state index in [-0.39, 0.29) is 67.9 Å². The number of ether oxygens (including phenoxy) is 4. The third kappa shape index (κ3) is 21.3. The number of benzene rings is 8. The minimum Gasteiger partial charge on any atom is -0.488 e. The van der Waals surface area contributed by atoms with Gasteiger partial charge in [0.2, 0.25) is 0 Å². The monoisotopic (exact) mass is 1350 g/mol. The first-order chi connectivity index (χ1) is 42.2. The molecule has 500 valence electrons. The summed E-state index contributed by atoms with van der Waals surface area (Å²) < 4.78 is 238. The van der Waals surface area contributed by atoms with Crippen LogP contribution in [-0.4, -0.2) is 35.6 Å². The van der Waals surface area contributed by atoms with E-state index in [1.165, 1.54) is 30.3 Å². The first kappa shape index (κ1) is 76.5. The number of carbonyl (C=O) groups excluding carboxylic acids is 2. The highest BCUT2D eigenvalue weighted by Crippen LogP contribution is 2.41. The second-order valence-corrected chi connectivity index (χ2v) is 21.5. The number of alkyl halides is 10. The predicted octanol–water partition coefficient (Wildman–Crippen LogP) is 18.5. The molecule has 8 rings (SSSR count). The number of halogens is 19. The fourth-order valence-electron chi connectivity index (χ4n) is 9.17. The molecule has 0 saturated carbocycles. The van der Waals surface area contributed by atoms with E-state index in [4.69, 9.17) is 26.8 Å². The van der Waals surface area contributed by atoms with Gasteiger partial charge in [-0.1, -0.05) is 72.8 Å². The predicted molar refractivity (Wildman–Crippen MR) is 311 cm³/mol. The van der Waals surface area contributed by atoms with Gasteiger partial charge < -0.3 is 30.0 Å². The van der Waals surface area contributed by atoms with E-state index in [0.29, 0.717) is 55.3 Å². The molecular formula is C66H57ClF18N2O6. The van der Waals surface area contributed by atoms with Gasteiger partial charge in [0.15, 0.2) is 23.1 Å². The molecule has 0 heterocycles. The number of rotatable bonds is 19. The molecule has 0 spiro atoms. The Morgan fingerprint density at radius 3 is 1.28 bits per heavy atom. The first-order valence-electron chi connectivity index (χ1n) is 27.1. The van der Waals surface area contributed by atoms with Crippen LogP contribution in [0, 0.1) is 34.9 Å². The fraction of sp³-hybridized carbons (Fsp3) is 0.242. The smallest absolute Gasteiger partial charge is 0.419 e. The largest absolute Gasteiger partial charge is 0.488 e. The van der Waals surface area contributed by atoms with Gasteiger partial charge in [-0.15, -0.1) is 0 Å². The van der Waals surface area contributed by atoms with E-state index < -0.39 is 110 Å². The number of hydrogen-bond donors (Lipinski definition) is 2. The highest BCUT2D eigenvalue weighted by Gasteiger charge is 2.41. The van der Waals surface area contributed by atoms with E-state index >= 15 is 8.78 Å². The van der Waals surface area contributed by atoms with Gasteiger partial charge in [0.05, 0.1) is 34.4 Å². The summed E-state index contributed by atoms with van der Waals surface area (Å²) in [6.45, 7) is 7.83. The molecular weight excluding hydrogens is 1290 g/mol. The molecule has 0 saturated heterocycles. The van der Waals surface area contributed by atoms with Crippen molar-refractivity contribution in [2.45, 2.75) is 102 Å². The fourth-order valence-corrected chi connectivity index (χ4v) is 9.29. The molecule has 0 aliphatic rings. The Morgan fingerprint density at radius 1 is 0.462 bits per heavy atom. The Balaban J connectivity index is 0.000000333. The van der Waals surface area contributed by atoms with Crippen LogP contribution in [0.2, 0.25) is 0 Å². The average Bonchev–Trinajstić information content (AvgIpc) is 0.764. The minimum atomic E-state index is -5.14. The number of hydrogen-bond acceptors (Lipinski definition) is 7. The van der Waals surface area contributed by atoms with Gasteiger partial charge in [-0.2, -0.15) is 43.9 Å². The van der Waals surface area contributed by atoms with Crippen molar-refractivity contribution in [3.63, 3.8) is 0 Å². The number of nitrogens with two attached hydrogens (primary N) is 1. The Hall–Kier alpha value is -8.91. The molecule has 3 N–H and O–H groups in total. The standard InChI is InChI=1S/C33H27F8NO3.C25H25F4NO2.C8H3ClF4O.2FH/c1-19(2)44-29-12-10-22(16-28(29)36)32(18-20-7-5-4-6-8-20,23-14-24(34)17-25(15-23)45-31(3,37)38)42-30(43)21-9-11-27(35)26(13-21)33(39,40)41;1-16(2)31-23-10-9-18(13-22(23)27)25(30,15-17-7-5-4-6-8-17)19-11-20(26)14-21(12-19)32-24(3,28)29;9-7(14)4-1-2-6(10)5(3-4)8(11,12)13;;/h4-17,19H,18H2,1-3H3,(H,42,43);4-14,16H,15,30H2,1-3H3;1-3H;2*1H/t32-;25-;;;/m11.../s1. The first-order valence-corrected chi connectivity index (χ1v) is 27.4. The molecule has 8 aromatic rings. The van der Waals surface area contributed by atoms with E-state index in [2.05, 4.69) is 14.8 Å². The van der Waals surface area contributed by atoms with Crippen molar-refractivity contribution < 1.29 is 108 Å². The van der Waals surface area contributed by atoms with Crippen LogP contribution in [0.1, 0.15) is 107 Å². The summed E-state index contributed by atoms with van der Waals surface area (Å²) in [6, 6.07) is 34.3. The molecule has 0 aromatic heterocycles. The molecule has 1 amide bonds. The molecule has 93 heavy (non-hydrogen) atoms. The van der Waals surface area contributed by atoms with Gasteiger partial charge in [0.1, 0.15) is 34.8 Å². The van der Waals surface area contributed by atoms with E-state index in [9.17, 15) is 71.1 Å². The Morgan fingerprint density at radius 2 is 0.860 bits per heavy atom. The summed E-state index contributed by atoms with van der Waals surface area (Å²) in [4.78, 5) is 24.2.